The van der Waals surface area contributed by atoms with Gasteiger partial charge in [-0.05, 0) is 18.2 Å². The zero-order valence-corrected chi connectivity index (χ0v) is 13.2. The molecule has 1 aliphatic rings. The molecule has 2 aromatic heterocycles. The van der Waals surface area contributed by atoms with E-state index in [1.807, 2.05) is 6.07 Å². The van der Waals surface area contributed by atoms with E-state index in [0.29, 0.717) is 22.5 Å². The topological polar surface area (TPSA) is 72.8 Å². The van der Waals surface area contributed by atoms with E-state index in [-0.39, 0.29) is 29.5 Å². The molecule has 5 nitrogen and oxygen atoms in total. The Morgan fingerprint density at radius 3 is 2.92 bits per heavy atom. The van der Waals surface area contributed by atoms with Crippen molar-refractivity contribution in [2.45, 2.75) is 0 Å². The fourth-order valence-corrected chi connectivity index (χ4v) is 3.12. The number of aliphatic imine (C=N–C) groups is 1. The number of carbonyl (C=O) groups is 1. The standard InChI is InChI=1S/C17H12ClFN4O/c18-10-4-13(19)17-22-6-15(23(17)8-10)9-1-2-11-12(3-9)14(5-20)21-7-16(11)24/h1-4,6,8H,5,7,20H2. The van der Waals surface area contributed by atoms with E-state index < -0.39 is 5.82 Å². The molecule has 0 saturated heterocycles. The summed E-state index contributed by atoms with van der Waals surface area (Å²) in [4.78, 5) is 20.3. The Morgan fingerprint density at radius 2 is 2.12 bits per heavy atom. The summed E-state index contributed by atoms with van der Waals surface area (Å²) in [5.41, 5.74) is 9.37. The van der Waals surface area contributed by atoms with Crippen molar-refractivity contribution in [2.24, 2.45) is 10.7 Å². The molecular formula is C17H12ClFN4O. The number of fused-ring (bicyclic) bond motifs is 2. The molecule has 7 heteroatoms. The van der Waals surface area contributed by atoms with E-state index in [2.05, 4.69) is 9.98 Å². The van der Waals surface area contributed by atoms with Crippen LogP contribution in [-0.4, -0.2) is 34.0 Å². The monoisotopic (exact) mass is 342 g/mol. The first-order chi connectivity index (χ1) is 11.6. The number of benzene rings is 1. The number of halogens is 2. The number of aromatic nitrogens is 2. The molecule has 3 heterocycles. The molecule has 1 aliphatic heterocycles. The van der Waals surface area contributed by atoms with Crippen LogP contribution in [0.15, 0.2) is 41.7 Å². The highest BCUT2D eigenvalue weighted by molar-refractivity contribution is 6.30. The average Bonchev–Trinajstić information content (AvgIpc) is 2.99. The van der Waals surface area contributed by atoms with Crippen LogP contribution in [0.1, 0.15) is 15.9 Å². The predicted octanol–water partition coefficient (Wildman–Crippen LogP) is 2.74. The van der Waals surface area contributed by atoms with Crippen molar-refractivity contribution in [1.29, 1.82) is 0 Å². The summed E-state index contributed by atoms with van der Waals surface area (Å²) in [5, 5.41) is 0.275. The van der Waals surface area contributed by atoms with Gasteiger partial charge >= 0.3 is 0 Å². The Balaban J connectivity index is 1.93. The molecule has 0 amide bonds. The number of imidazole rings is 1. The minimum atomic E-state index is -0.494. The molecule has 3 aromatic rings. The molecule has 1 aromatic carbocycles. The number of carbonyl (C=O) groups excluding carboxylic acids is 1. The van der Waals surface area contributed by atoms with Crippen LogP contribution < -0.4 is 5.73 Å². The first kappa shape index (κ1) is 15.0. The third kappa shape index (κ3) is 2.23. The van der Waals surface area contributed by atoms with Crippen LogP contribution in [0, 0.1) is 5.82 Å². The second-order valence-corrected chi connectivity index (χ2v) is 5.93. The van der Waals surface area contributed by atoms with E-state index in [4.69, 9.17) is 17.3 Å². The summed E-state index contributed by atoms with van der Waals surface area (Å²) in [6.45, 7) is 0.368. The summed E-state index contributed by atoms with van der Waals surface area (Å²) in [6, 6.07) is 6.61. The lowest BCUT2D eigenvalue weighted by molar-refractivity contribution is 0.1000. The molecule has 0 radical (unpaired) electrons. The van der Waals surface area contributed by atoms with Gasteiger partial charge in [-0.25, -0.2) is 9.37 Å². The fourth-order valence-electron chi connectivity index (χ4n) is 2.93. The number of rotatable bonds is 2. The summed E-state index contributed by atoms with van der Waals surface area (Å²) >= 11 is 5.95. The summed E-state index contributed by atoms with van der Waals surface area (Å²) < 4.78 is 15.6. The normalized spacial score (nSPS) is 14.0. The van der Waals surface area contributed by atoms with E-state index >= 15 is 0 Å². The van der Waals surface area contributed by atoms with Crippen LogP contribution in [0.3, 0.4) is 0 Å². The van der Waals surface area contributed by atoms with Gasteiger partial charge in [0.05, 0.1) is 22.6 Å². The fraction of sp³-hybridized carbons (Fsp3) is 0.118. The smallest absolute Gasteiger partial charge is 0.184 e. The third-order valence-electron chi connectivity index (χ3n) is 4.06. The lowest BCUT2D eigenvalue weighted by Crippen LogP contribution is -2.25. The van der Waals surface area contributed by atoms with Gasteiger partial charge in [0.2, 0.25) is 0 Å². The van der Waals surface area contributed by atoms with Crippen LogP contribution >= 0.6 is 11.6 Å². The summed E-state index contributed by atoms with van der Waals surface area (Å²) in [6.07, 6.45) is 3.17. The van der Waals surface area contributed by atoms with E-state index in [1.54, 1.807) is 28.9 Å². The molecule has 24 heavy (non-hydrogen) atoms. The summed E-state index contributed by atoms with van der Waals surface area (Å²) in [7, 11) is 0. The van der Waals surface area contributed by atoms with Gasteiger partial charge in [0.15, 0.2) is 17.2 Å². The number of nitrogens with zero attached hydrogens (tertiary/aromatic N) is 3. The van der Waals surface area contributed by atoms with Gasteiger partial charge < -0.3 is 5.73 Å². The molecule has 0 atom stereocenters. The van der Waals surface area contributed by atoms with Gasteiger partial charge in [-0.2, -0.15) is 0 Å². The molecule has 0 saturated carbocycles. The van der Waals surface area contributed by atoms with Crippen LogP contribution in [0.5, 0.6) is 0 Å². The molecule has 0 spiro atoms. The van der Waals surface area contributed by atoms with Crippen LogP contribution in [0.2, 0.25) is 5.02 Å². The van der Waals surface area contributed by atoms with Crippen molar-refractivity contribution in [3.8, 4) is 11.3 Å². The molecule has 2 N–H and O–H groups in total. The van der Waals surface area contributed by atoms with Crippen molar-refractivity contribution in [1.82, 2.24) is 9.38 Å². The zero-order chi connectivity index (χ0) is 16.8. The third-order valence-corrected chi connectivity index (χ3v) is 4.27. The minimum absolute atomic E-state index is 0.0408. The van der Waals surface area contributed by atoms with Crippen molar-refractivity contribution >= 4 is 28.7 Å². The highest BCUT2D eigenvalue weighted by atomic mass is 35.5. The highest BCUT2D eigenvalue weighted by Crippen LogP contribution is 2.27. The first-order valence-electron chi connectivity index (χ1n) is 7.32. The Bertz CT molecular complexity index is 1020. The van der Waals surface area contributed by atoms with Gasteiger partial charge in [-0.15, -0.1) is 0 Å². The molecule has 120 valence electrons. The van der Waals surface area contributed by atoms with E-state index in [0.717, 1.165) is 5.56 Å². The molecule has 0 bridgehead atoms. The molecular weight excluding hydrogens is 331 g/mol. The van der Waals surface area contributed by atoms with Crippen molar-refractivity contribution in [2.75, 3.05) is 13.1 Å². The van der Waals surface area contributed by atoms with Crippen LogP contribution in [0.25, 0.3) is 16.9 Å². The number of hydrogen-bond donors (Lipinski definition) is 1. The average molecular weight is 343 g/mol. The maximum Gasteiger partial charge on any atom is 0.184 e. The quantitative estimate of drug-likeness (QED) is 0.778. The number of nitrogens with two attached hydrogens (primary N) is 1. The van der Waals surface area contributed by atoms with Gasteiger partial charge in [-0.1, -0.05) is 17.7 Å². The first-order valence-corrected chi connectivity index (χ1v) is 7.70. The predicted molar refractivity (Wildman–Crippen MR) is 90.4 cm³/mol. The van der Waals surface area contributed by atoms with Gasteiger partial charge in [0.1, 0.15) is 6.54 Å². The van der Waals surface area contributed by atoms with Gasteiger partial charge in [-0.3, -0.25) is 14.2 Å². The lowest BCUT2D eigenvalue weighted by Gasteiger charge is -2.16. The Labute approximate surface area is 141 Å². The van der Waals surface area contributed by atoms with Crippen molar-refractivity contribution in [3.63, 3.8) is 0 Å². The minimum Gasteiger partial charge on any atom is -0.325 e. The van der Waals surface area contributed by atoms with Gasteiger partial charge in [0.25, 0.3) is 0 Å². The number of pyridine rings is 1. The van der Waals surface area contributed by atoms with E-state index in [9.17, 15) is 9.18 Å². The second-order valence-electron chi connectivity index (χ2n) is 5.49. The SMILES string of the molecule is NCC1=NCC(=O)c2ccc(-c3cnc4c(F)cc(Cl)cn34)cc21. The Hall–Kier alpha value is -2.57. The van der Waals surface area contributed by atoms with Crippen LogP contribution in [0.4, 0.5) is 4.39 Å². The van der Waals surface area contributed by atoms with Crippen LogP contribution in [-0.2, 0) is 0 Å². The number of hydrogen-bond acceptors (Lipinski definition) is 4. The molecule has 0 fully saturated rings. The van der Waals surface area contributed by atoms with Crippen molar-refractivity contribution < 1.29 is 9.18 Å². The molecule has 0 aliphatic carbocycles. The van der Waals surface area contributed by atoms with Crippen molar-refractivity contribution in [3.05, 3.63) is 58.6 Å². The second kappa shape index (κ2) is 5.51. The molecule has 0 unspecified atom stereocenters. The zero-order valence-electron chi connectivity index (χ0n) is 12.5. The Morgan fingerprint density at radius 1 is 1.29 bits per heavy atom. The maximum atomic E-state index is 14.0. The largest absolute Gasteiger partial charge is 0.325 e. The summed E-state index contributed by atoms with van der Waals surface area (Å²) in [5.74, 6) is -0.535. The highest BCUT2D eigenvalue weighted by Gasteiger charge is 2.21. The van der Waals surface area contributed by atoms with E-state index in [1.165, 1.54) is 6.07 Å². The molecule has 4 rings (SSSR count). The lowest BCUT2D eigenvalue weighted by atomic mass is 9.94. The maximum absolute atomic E-state index is 14.0. The number of ketones is 1. The number of Topliss-reactive ketones (excluding diaryl/α,β-unsaturated/α-hetero) is 1. The Kier molecular flexibility index (Phi) is 3.44. The van der Waals surface area contributed by atoms with Gasteiger partial charge in [0, 0.05) is 29.4 Å².